The van der Waals surface area contributed by atoms with E-state index in [4.69, 9.17) is 29.2 Å². The fourth-order valence-corrected chi connectivity index (χ4v) is 3.56. The molecule has 0 spiro atoms. The van der Waals surface area contributed by atoms with Crippen LogP contribution < -0.4 is 0 Å². The van der Waals surface area contributed by atoms with Gasteiger partial charge < -0.3 is 29.2 Å². The average molecular weight is 344 g/mol. The second-order valence-electron chi connectivity index (χ2n) is 3.44. The van der Waals surface area contributed by atoms with Crippen molar-refractivity contribution in [2.45, 2.75) is 25.9 Å². The lowest BCUT2D eigenvalue weighted by atomic mass is 10.3. The molecule has 1 heterocycles. The van der Waals surface area contributed by atoms with Crippen molar-refractivity contribution in [3.8, 4) is 0 Å². The standard InChI is InChI=1S/C5H10O.H5O10P3/c1-5-3-2-4-6-5;1-11(2,3)9-13(7,8)10-12(4,5)6/h5H,2-4H2,1H3;(H,7,8)(H2,1,2,3)(H2,4,5,6). The minimum absolute atomic E-state index is 0.546. The molecule has 1 atom stereocenters. The van der Waals surface area contributed by atoms with Crippen molar-refractivity contribution in [1.82, 2.24) is 0 Å². The van der Waals surface area contributed by atoms with E-state index in [1.165, 1.54) is 12.8 Å². The highest BCUT2D eigenvalue weighted by atomic mass is 31.3. The monoisotopic (exact) mass is 344 g/mol. The molecule has 11 nitrogen and oxygen atoms in total. The molecule has 1 unspecified atom stereocenters. The molecule has 0 aromatic carbocycles. The second-order valence-corrected chi connectivity index (χ2v) is 7.64. The highest BCUT2D eigenvalue weighted by Gasteiger charge is 2.38. The smallest absolute Gasteiger partial charge is 0.379 e. The summed E-state index contributed by atoms with van der Waals surface area (Å²) in [7, 11) is -16.2. The van der Waals surface area contributed by atoms with Crippen LogP contribution in [0.3, 0.4) is 0 Å². The Balaban J connectivity index is 0.000000443. The maximum atomic E-state index is 10.4. The zero-order chi connectivity index (χ0) is 15.3. The van der Waals surface area contributed by atoms with E-state index in [9.17, 15) is 13.7 Å². The van der Waals surface area contributed by atoms with E-state index < -0.39 is 23.5 Å². The van der Waals surface area contributed by atoms with E-state index in [1.807, 2.05) is 0 Å². The van der Waals surface area contributed by atoms with Gasteiger partial charge in [0.2, 0.25) is 0 Å². The van der Waals surface area contributed by atoms with Crippen molar-refractivity contribution in [3.05, 3.63) is 0 Å². The SMILES string of the molecule is CC1CCCO1.O=P(O)(O)OP(=O)(O)OP(=O)(O)O. The van der Waals surface area contributed by atoms with Crippen LogP contribution in [-0.2, 0) is 27.1 Å². The van der Waals surface area contributed by atoms with E-state index in [0.717, 1.165) is 6.61 Å². The molecule has 1 rings (SSSR count). The van der Waals surface area contributed by atoms with E-state index in [2.05, 4.69) is 15.5 Å². The Kier molecular flexibility index (Phi) is 7.54. The maximum Gasteiger partial charge on any atom is 0.490 e. The molecule has 0 amide bonds. The summed E-state index contributed by atoms with van der Waals surface area (Å²) in [6.45, 7) is 3.11. The molecule has 14 heteroatoms. The Morgan fingerprint density at radius 2 is 1.42 bits per heavy atom. The van der Waals surface area contributed by atoms with Gasteiger partial charge in [-0.05, 0) is 19.8 Å². The molecule has 0 saturated carbocycles. The molecule has 1 fully saturated rings. The van der Waals surface area contributed by atoms with Gasteiger partial charge in [-0.3, -0.25) is 0 Å². The largest absolute Gasteiger partial charge is 0.490 e. The molecule has 1 saturated heterocycles. The third kappa shape index (κ3) is 13.1. The van der Waals surface area contributed by atoms with Gasteiger partial charge in [0, 0.05) is 6.61 Å². The van der Waals surface area contributed by atoms with Gasteiger partial charge in [-0.25, -0.2) is 13.7 Å². The summed E-state index contributed by atoms with van der Waals surface area (Å²) in [4.78, 5) is 40.2. The van der Waals surface area contributed by atoms with Crippen molar-refractivity contribution < 1.29 is 51.5 Å². The Morgan fingerprint density at radius 1 is 1.00 bits per heavy atom. The molecule has 0 bridgehead atoms. The predicted octanol–water partition coefficient (Wildman–Crippen LogP) is 0.491. The molecule has 0 aromatic heterocycles. The minimum atomic E-state index is -5.46. The van der Waals surface area contributed by atoms with Gasteiger partial charge in [-0.15, -0.1) is 0 Å². The van der Waals surface area contributed by atoms with E-state index >= 15 is 0 Å². The first-order chi connectivity index (χ1) is 8.31. The molecule has 1 aliphatic rings. The maximum absolute atomic E-state index is 10.4. The molecule has 5 N–H and O–H groups in total. The van der Waals surface area contributed by atoms with E-state index in [1.54, 1.807) is 0 Å². The van der Waals surface area contributed by atoms with Gasteiger partial charge in [-0.2, -0.15) is 8.62 Å². The van der Waals surface area contributed by atoms with Crippen LogP contribution in [0.1, 0.15) is 19.8 Å². The van der Waals surface area contributed by atoms with Crippen molar-refractivity contribution in [2.75, 3.05) is 6.61 Å². The topological polar surface area (TPSA) is 180 Å². The number of hydrogen-bond acceptors (Lipinski definition) is 6. The highest BCUT2D eigenvalue weighted by Crippen LogP contribution is 2.64. The van der Waals surface area contributed by atoms with Gasteiger partial charge in [0.15, 0.2) is 0 Å². The minimum Gasteiger partial charge on any atom is -0.379 e. The quantitative estimate of drug-likeness (QED) is 0.448. The Bertz CT molecular complexity index is 375. The zero-order valence-electron chi connectivity index (χ0n) is 9.73. The van der Waals surface area contributed by atoms with Crippen LogP contribution in [0.4, 0.5) is 0 Å². The average Bonchev–Trinajstić information content (AvgIpc) is 2.46. The molecule has 116 valence electrons. The summed E-state index contributed by atoms with van der Waals surface area (Å²) in [5, 5.41) is 0. The summed E-state index contributed by atoms with van der Waals surface area (Å²) in [5.41, 5.74) is 0. The lowest BCUT2D eigenvalue weighted by molar-refractivity contribution is 0.125. The Labute approximate surface area is 108 Å². The zero-order valence-corrected chi connectivity index (χ0v) is 12.4. The Hall–Kier alpha value is 0.370. The van der Waals surface area contributed by atoms with Crippen LogP contribution in [0.15, 0.2) is 0 Å². The lowest BCUT2D eigenvalue weighted by Crippen LogP contribution is -1.94. The van der Waals surface area contributed by atoms with Crippen LogP contribution >= 0.6 is 23.5 Å². The van der Waals surface area contributed by atoms with Gasteiger partial charge in [0.1, 0.15) is 0 Å². The third-order valence-electron chi connectivity index (χ3n) is 1.58. The molecular formula is C5H15O11P3. The summed E-state index contributed by atoms with van der Waals surface area (Å²) in [5.74, 6) is 0. The molecule has 1 aliphatic heterocycles. The van der Waals surface area contributed by atoms with Crippen LogP contribution in [-0.4, -0.2) is 37.2 Å². The predicted molar refractivity (Wildman–Crippen MR) is 60.7 cm³/mol. The molecule has 0 aromatic rings. The molecule has 0 aliphatic carbocycles. The first-order valence-corrected chi connectivity index (χ1v) is 9.34. The molecule has 19 heavy (non-hydrogen) atoms. The molecule has 0 radical (unpaired) electrons. The third-order valence-corrected chi connectivity index (χ3v) is 4.93. The first kappa shape index (κ1) is 19.4. The van der Waals surface area contributed by atoms with Gasteiger partial charge in [-0.1, -0.05) is 0 Å². The van der Waals surface area contributed by atoms with Crippen molar-refractivity contribution in [3.63, 3.8) is 0 Å². The lowest BCUT2D eigenvalue weighted by Gasteiger charge is -2.11. The summed E-state index contributed by atoms with van der Waals surface area (Å²) in [6.07, 6.45) is 3.08. The summed E-state index contributed by atoms with van der Waals surface area (Å²) >= 11 is 0. The van der Waals surface area contributed by atoms with Gasteiger partial charge in [0.05, 0.1) is 6.10 Å². The Morgan fingerprint density at radius 3 is 1.58 bits per heavy atom. The van der Waals surface area contributed by atoms with Crippen LogP contribution in [0.2, 0.25) is 0 Å². The number of phosphoric acid groups is 3. The first-order valence-electron chi connectivity index (χ1n) is 4.79. The normalized spacial score (nSPS) is 20.8. The van der Waals surface area contributed by atoms with E-state index in [-0.39, 0.29) is 0 Å². The fourth-order valence-electron chi connectivity index (χ4n) is 1.02. The number of rotatable bonds is 4. The van der Waals surface area contributed by atoms with Crippen LogP contribution in [0, 0.1) is 0 Å². The van der Waals surface area contributed by atoms with Crippen LogP contribution in [0.5, 0.6) is 0 Å². The number of hydrogen-bond donors (Lipinski definition) is 5. The fraction of sp³-hybridized carbons (Fsp3) is 1.00. The van der Waals surface area contributed by atoms with E-state index in [0.29, 0.717) is 6.10 Å². The van der Waals surface area contributed by atoms with Crippen molar-refractivity contribution in [1.29, 1.82) is 0 Å². The summed E-state index contributed by atoms with van der Waals surface area (Å²) < 4.78 is 41.5. The second kappa shape index (κ2) is 7.40. The van der Waals surface area contributed by atoms with Crippen molar-refractivity contribution in [2.24, 2.45) is 0 Å². The number of ether oxygens (including phenoxy) is 1. The van der Waals surface area contributed by atoms with Crippen LogP contribution in [0.25, 0.3) is 0 Å². The highest BCUT2D eigenvalue weighted by molar-refractivity contribution is 7.66. The summed E-state index contributed by atoms with van der Waals surface area (Å²) in [6, 6.07) is 0. The van der Waals surface area contributed by atoms with Gasteiger partial charge >= 0.3 is 23.5 Å². The van der Waals surface area contributed by atoms with Gasteiger partial charge in [0.25, 0.3) is 0 Å². The van der Waals surface area contributed by atoms with Crippen molar-refractivity contribution >= 4 is 23.5 Å². The molecular weight excluding hydrogens is 329 g/mol.